The first-order chi connectivity index (χ1) is 10.7. The zero-order valence-corrected chi connectivity index (χ0v) is 12.4. The molecular weight excluding hydrogens is 281 g/mol. The summed E-state index contributed by atoms with van der Waals surface area (Å²) >= 11 is 0. The molecule has 0 aliphatic carbocycles. The van der Waals surface area contributed by atoms with Crippen LogP contribution in [0.3, 0.4) is 0 Å². The fraction of sp³-hybridized carbons (Fsp3) is 0.333. The SMILES string of the molecule is Oc1ccc(-c2ccc(OCC3CCNCC3)c(F)c2)cc1. The lowest BCUT2D eigenvalue weighted by atomic mass is 9.99. The second-order valence-electron chi connectivity index (χ2n) is 5.70. The summed E-state index contributed by atoms with van der Waals surface area (Å²) in [7, 11) is 0. The van der Waals surface area contributed by atoms with Gasteiger partial charge in [0.15, 0.2) is 11.6 Å². The Kier molecular flexibility index (Phi) is 4.59. The molecular formula is C18H20FNO2. The second kappa shape index (κ2) is 6.79. The molecule has 2 N–H and O–H groups in total. The van der Waals surface area contributed by atoms with E-state index >= 15 is 0 Å². The summed E-state index contributed by atoms with van der Waals surface area (Å²) in [6.07, 6.45) is 2.15. The highest BCUT2D eigenvalue weighted by Crippen LogP contribution is 2.27. The molecule has 0 saturated carbocycles. The lowest BCUT2D eigenvalue weighted by molar-refractivity contribution is 0.208. The molecule has 1 saturated heterocycles. The molecule has 0 amide bonds. The molecule has 0 unspecified atom stereocenters. The number of rotatable bonds is 4. The van der Waals surface area contributed by atoms with E-state index < -0.39 is 0 Å². The van der Waals surface area contributed by atoms with Crippen LogP contribution in [0.1, 0.15) is 12.8 Å². The lowest BCUT2D eigenvalue weighted by Crippen LogP contribution is -2.30. The zero-order valence-electron chi connectivity index (χ0n) is 12.4. The molecule has 1 heterocycles. The maximum atomic E-state index is 14.2. The van der Waals surface area contributed by atoms with E-state index in [1.54, 1.807) is 30.3 Å². The summed E-state index contributed by atoms with van der Waals surface area (Å²) in [5.74, 6) is 0.657. The maximum Gasteiger partial charge on any atom is 0.165 e. The molecule has 1 aliphatic heterocycles. The van der Waals surface area contributed by atoms with Gasteiger partial charge in [-0.25, -0.2) is 4.39 Å². The van der Waals surface area contributed by atoms with Gasteiger partial charge in [-0.15, -0.1) is 0 Å². The van der Waals surface area contributed by atoms with Crippen LogP contribution >= 0.6 is 0 Å². The number of phenolic OH excluding ortho intramolecular Hbond substituents is 1. The minimum atomic E-state index is -0.348. The molecule has 4 heteroatoms. The number of piperidine rings is 1. The van der Waals surface area contributed by atoms with Crippen molar-refractivity contribution in [2.75, 3.05) is 19.7 Å². The van der Waals surface area contributed by atoms with Crippen molar-refractivity contribution in [3.63, 3.8) is 0 Å². The smallest absolute Gasteiger partial charge is 0.165 e. The van der Waals surface area contributed by atoms with Gasteiger partial charge < -0.3 is 15.2 Å². The molecule has 0 atom stereocenters. The molecule has 22 heavy (non-hydrogen) atoms. The number of halogens is 1. The Labute approximate surface area is 129 Å². The number of hydrogen-bond acceptors (Lipinski definition) is 3. The monoisotopic (exact) mass is 301 g/mol. The summed E-state index contributed by atoms with van der Waals surface area (Å²) < 4.78 is 19.8. The highest BCUT2D eigenvalue weighted by Gasteiger charge is 2.15. The van der Waals surface area contributed by atoms with Crippen molar-refractivity contribution in [1.29, 1.82) is 0 Å². The van der Waals surface area contributed by atoms with Crippen molar-refractivity contribution in [3.05, 3.63) is 48.3 Å². The first-order valence-electron chi connectivity index (χ1n) is 7.65. The van der Waals surface area contributed by atoms with Crippen molar-refractivity contribution in [2.45, 2.75) is 12.8 Å². The molecule has 116 valence electrons. The van der Waals surface area contributed by atoms with Gasteiger partial charge >= 0.3 is 0 Å². The number of aromatic hydroxyl groups is 1. The Morgan fingerprint density at radius 3 is 2.41 bits per heavy atom. The third-order valence-electron chi connectivity index (χ3n) is 4.07. The van der Waals surface area contributed by atoms with Gasteiger partial charge in [0.25, 0.3) is 0 Å². The fourth-order valence-electron chi connectivity index (χ4n) is 2.71. The minimum absolute atomic E-state index is 0.200. The van der Waals surface area contributed by atoms with Gasteiger partial charge in [0.2, 0.25) is 0 Å². The Bertz CT molecular complexity index is 621. The summed E-state index contributed by atoms with van der Waals surface area (Å²) in [5.41, 5.74) is 1.63. The highest BCUT2D eigenvalue weighted by atomic mass is 19.1. The van der Waals surface area contributed by atoms with Crippen molar-refractivity contribution in [2.24, 2.45) is 5.92 Å². The number of hydrogen-bond donors (Lipinski definition) is 2. The highest BCUT2D eigenvalue weighted by molar-refractivity contribution is 5.65. The molecule has 0 bridgehead atoms. The second-order valence-corrected chi connectivity index (χ2v) is 5.70. The van der Waals surface area contributed by atoms with Crippen LogP contribution in [-0.2, 0) is 0 Å². The summed E-state index contributed by atoms with van der Waals surface area (Å²) in [6, 6.07) is 11.7. The van der Waals surface area contributed by atoms with Crippen molar-refractivity contribution in [3.8, 4) is 22.6 Å². The normalized spacial score (nSPS) is 15.7. The topological polar surface area (TPSA) is 41.5 Å². The van der Waals surface area contributed by atoms with E-state index in [1.807, 2.05) is 6.07 Å². The molecule has 3 nitrogen and oxygen atoms in total. The quantitative estimate of drug-likeness (QED) is 0.907. The van der Waals surface area contributed by atoms with Gasteiger partial charge in [-0.05, 0) is 67.2 Å². The van der Waals surface area contributed by atoms with E-state index in [9.17, 15) is 9.50 Å². The molecule has 2 aromatic rings. The van der Waals surface area contributed by atoms with Crippen LogP contribution in [0, 0.1) is 11.7 Å². The summed E-state index contributed by atoms with van der Waals surface area (Å²) in [5, 5.41) is 12.6. The zero-order chi connectivity index (χ0) is 15.4. The molecule has 0 radical (unpaired) electrons. The van der Waals surface area contributed by atoms with Gasteiger partial charge in [0.1, 0.15) is 5.75 Å². The Balaban J connectivity index is 1.67. The van der Waals surface area contributed by atoms with E-state index in [4.69, 9.17) is 4.74 Å². The molecule has 0 aromatic heterocycles. The average Bonchev–Trinajstić information content (AvgIpc) is 2.55. The van der Waals surface area contributed by atoms with Gasteiger partial charge in [-0.1, -0.05) is 18.2 Å². The van der Waals surface area contributed by atoms with E-state index in [2.05, 4.69) is 5.32 Å². The number of benzene rings is 2. The Morgan fingerprint density at radius 1 is 1.05 bits per heavy atom. The van der Waals surface area contributed by atoms with Gasteiger partial charge in [-0.3, -0.25) is 0 Å². The van der Waals surface area contributed by atoms with E-state index in [0.29, 0.717) is 18.3 Å². The van der Waals surface area contributed by atoms with Crippen molar-refractivity contribution >= 4 is 0 Å². The fourth-order valence-corrected chi connectivity index (χ4v) is 2.71. The van der Waals surface area contributed by atoms with Gasteiger partial charge in [0, 0.05) is 0 Å². The van der Waals surface area contributed by atoms with Crippen LogP contribution in [0.2, 0.25) is 0 Å². The third kappa shape index (κ3) is 3.57. The van der Waals surface area contributed by atoms with Gasteiger partial charge in [0.05, 0.1) is 6.61 Å². The molecule has 3 rings (SSSR count). The minimum Gasteiger partial charge on any atom is -0.508 e. The van der Waals surface area contributed by atoms with E-state index in [-0.39, 0.29) is 11.6 Å². The molecule has 1 aliphatic rings. The van der Waals surface area contributed by atoms with Crippen LogP contribution in [0.25, 0.3) is 11.1 Å². The number of nitrogens with one attached hydrogen (secondary N) is 1. The van der Waals surface area contributed by atoms with Crippen LogP contribution in [0.4, 0.5) is 4.39 Å². The predicted octanol–water partition coefficient (Wildman–Crippen LogP) is 3.58. The number of phenols is 1. The Morgan fingerprint density at radius 2 is 1.73 bits per heavy atom. The first-order valence-corrected chi connectivity index (χ1v) is 7.65. The van der Waals surface area contributed by atoms with Crippen LogP contribution in [-0.4, -0.2) is 24.8 Å². The van der Waals surface area contributed by atoms with Crippen LogP contribution in [0.5, 0.6) is 11.5 Å². The van der Waals surface area contributed by atoms with Crippen molar-refractivity contribution in [1.82, 2.24) is 5.32 Å². The van der Waals surface area contributed by atoms with Crippen molar-refractivity contribution < 1.29 is 14.2 Å². The van der Waals surface area contributed by atoms with Crippen LogP contribution in [0.15, 0.2) is 42.5 Å². The summed E-state index contributed by atoms with van der Waals surface area (Å²) in [6.45, 7) is 2.59. The predicted molar refractivity (Wildman–Crippen MR) is 84.6 cm³/mol. The van der Waals surface area contributed by atoms with E-state index in [0.717, 1.165) is 37.1 Å². The summed E-state index contributed by atoms with van der Waals surface area (Å²) in [4.78, 5) is 0. The molecule has 2 aromatic carbocycles. The average molecular weight is 301 g/mol. The first kappa shape index (κ1) is 14.9. The maximum absolute atomic E-state index is 14.2. The lowest BCUT2D eigenvalue weighted by Gasteiger charge is -2.22. The van der Waals surface area contributed by atoms with Gasteiger partial charge in [-0.2, -0.15) is 0 Å². The molecule has 1 fully saturated rings. The van der Waals surface area contributed by atoms with Crippen LogP contribution < -0.4 is 10.1 Å². The van der Waals surface area contributed by atoms with E-state index in [1.165, 1.54) is 6.07 Å². The molecule has 0 spiro atoms. The Hall–Kier alpha value is -2.07. The third-order valence-corrected chi connectivity index (χ3v) is 4.07. The largest absolute Gasteiger partial charge is 0.508 e. The standard InChI is InChI=1S/C18H20FNO2/c19-17-11-15(14-1-4-16(21)5-2-14)3-6-18(17)22-12-13-7-9-20-10-8-13/h1-6,11,13,20-21H,7-10,12H2. The number of ether oxygens (including phenoxy) is 1.